The van der Waals surface area contributed by atoms with Crippen molar-refractivity contribution in [3.63, 3.8) is 0 Å². The number of Topliss-reactive ketones (excluding diaryl/α,β-unsaturated/α-hetero) is 1. The van der Waals surface area contributed by atoms with E-state index in [1.165, 1.54) is 100 Å². The molecule has 0 atom stereocenters. The number of hydrogen-bond acceptors (Lipinski definition) is 49. The number of hydrogen-bond donors (Lipinski definition) is 23. The lowest BCUT2D eigenvalue weighted by Gasteiger charge is -2.20. The van der Waals surface area contributed by atoms with Crippen molar-refractivity contribution < 1.29 is 188 Å². The summed E-state index contributed by atoms with van der Waals surface area (Å²) in [7, 11) is -0.665. The largest absolute Gasteiger partial charge is 0.508 e. The molecule has 23 N–H and O–H groups in total. The van der Waals surface area contributed by atoms with E-state index >= 15 is 0 Å². The summed E-state index contributed by atoms with van der Waals surface area (Å²) in [4.78, 5) is 14.8. The fourth-order valence-electron chi connectivity index (χ4n) is 10.2. The molecule has 0 aromatic heterocycles. The lowest BCUT2D eigenvalue weighted by atomic mass is 10.1. The van der Waals surface area contributed by atoms with E-state index in [1.807, 2.05) is 65.4 Å². The molecule has 0 aliphatic carbocycles. The van der Waals surface area contributed by atoms with Gasteiger partial charge < -0.3 is 157 Å². The number of phenolic OH excluding ortho intramolecular Hbond substituents is 14. The normalized spacial score (nSPS) is 9.56. The fraction of sp³-hybridized carbons (Fsp3) is 0.442. The van der Waals surface area contributed by atoms with Gasteiger partial charge in [0, 0.05) is 94.3 Å². The Balaban J connectivity index is -0.000000458. The van der Waals surface area contributed by atoms with E-state index in [4.69, 9.17) is 121 Å². The Morgan fingerprint density at radius 2 is 0.649 bits per heavy atom. The maximum atomic E-state index is 11.1. The van der Waals surface area contributed by atoms with Gasteiger partial charge in [0.1, 0.15) is 85.9 Å². The third kappa shape index (κ3) is 48.4. The Morgan fingerprint density at radius 3 is 0.954 bits per heavy atom. The number of likely N-dealkylation sites (N-methyl/N-ethyl adjacent to an activating group) is 2. The number of aliphatic hydroxyl groups is 2. The summed E-state index contributed by atoms with van der Waals surface area (Å²) in [5, 5.41) is 175. The monoisotopic (exact) mass is 1970 g/mol. The van der Waals surface area contributed by atoms with Gasteiger partial charge in [-0.1, -0.05) is 6.92 Å². The van der Waals surface area contributed by atoms with Crippen LogP contribution in [0.1, 0.15) is 82.7 Å². The summed E-state index contributed by atoms with van der Waals surface area (Å²) >= 11 is 0. The van der Waals surface area contributed by atoms with Crippen molar-refractivity contribution in [2.24, 2.45) is 0 Å². The minimum Gasteiger partial charge on any atom is -0.508 e. The maximum absolute atomic E-state index is 11.1. The molecule has 7 rings (SSSR count). The molecule has 0 unspecified atom stereocenters. The molecule has 0 radical (unpaired) electrons. The predicted molar refractivity (Wildman–Crippen MR) is 479 cm³/mol. The van der Waals surface area contributed by atoms with E-state index in [-0.39, 0.29) is 163 Å². The quantitative estimate of drug-likeness (QED) is 0.0183. The molecule has 7 aromatic rings. The molecule has 0 aliphatic rings. The van der Waals surface area contributed by atoms with Crippen LogP contribution in [0.2, 0.25) is 0 Å². The van der Waals surface area contributed by atoms with Crippen LogP contribution in [0.15, 0.2) is 48.5 Å². The molecule has 0 amide bonds. The van der Waals surface area contributed by atoms with E-state index in [2.05, 4.69) is 37.2 Å². The number of nitrogens with one attached hydrogen (secondary N) is 7. The first-order chi connectivity index (χ1) is 61.3. The Labute approximate surface area is 763 Å². The van der Waals surface area contributed by atoms with Gasteiger partial charge in [0.25, 0.3) is 0 Å². The van der Waals surface area contributed by atoms with E-state index in [9.17, 15) is 66.1 Å². The molecule has 0 bridgehead atoms. The van der Waals surface area contributed by atoms with Crippen LogP contribution in [-0.4, -0.2) is 304 Å². The number of methoxy groups -OCH3 is 8. The summed E-state index contributed by atoms with van der Waals surface area (Å²) in [5.74, 6) is 1.23. The van der Waals surface area contributed by atoms with E-state index in [1.54, 1.807) is 32.9 Å². The summed E-state index contributed by atoms with van der Waals surface area (Å²) in [6.45, 7) is 23.6. The molecule has 49 nitrogen and oxygen atoms in total. The molecule has 0 aliphatic heterocycles. The molecule has 131 heavy (non-hydrogen) atoms. The van der Waals surface area contributed by atoms with Gasteiger partial charge >= 0.3 is 53.0 Å². The van der Waals surface area contributed by atoms with Crippen LogP contribution in [0.4, 0.5) is 39.8 Å². The molecule has 54 heteroatoms. The van der Waals surface area contributed by atoms with Gasteiger partial charge in [0.05, 0.1) is 82.3 Å². The van der Waals surface area contributed by atoms with Gasteiger partial charge in [0.2, 0.25) is 23.0 Å². The molecule has 0 fully saturated rings. The number of aliphatic hydroxyl groups excluding tert-OH is 2. The van der Waals surface area contributed by atoms with Crippen molar-refractivity contribution in [2.45, 2.75) is 88.7 Å². The van der Waals surface area contributed by atoms with Crippen LogP contribution in [0.25, 0.3) is 0 Å². The third-order valence-corrected chi connectivity index (χ3v) is 15.6. The van der Waals surface area contributed by atoms with Crippen molar-refractivity contribution in [1.82, 2.24) is 9.80 Å². The standard InChI is InChI=1S/C14H24N2O4.C13H20N2O5.C13H22N2O4.C11H17NO4.C10H15NO4.C9H13NO2.C7H8O2.5O3S/c1-15(3-5-17)9-11-7-14(20)12(8-13(11)19)10-16(2)4-6-18;1-5-14-8-10(17)9(15-6-7(2)16)13(20-4)11(18)12(8)19-3;1-5-7-15-9-10(16)8(14-6-2)12(18-3)11(17)13(9)19-4;1-5-12-7-8(13)6(2)10(15-3)9(14)11(7)16-4;1-4-11-8-6(12)5-7(14-2)9(13)10(8)15-3;1-3-10-7-5-8(11)6(2)4-9(7)12;1-5-4-6(8)2-3-7(5)9;5*1-4(2)3/h7-8,17-20H,3-6,9-10H2,1-2H3;14-15,17-18H,5-6H2,1-4H3;14-17H,5-7H2,1-4H3;12-14H,5H2,1-4H3;5,11-13H,4H2,1-3H3;4-5,10-12H,3H2,1-2H3;2-4,8-9H,1H3;;;;;. The van der Waals surface area contributed by atoms with Crippen molar-refractivity contribution in [3.8, 4) is 126 Å². The van der Waals surface area contributed by atoms with Crippen LogP contribution in [0, 0.1) is 20.8 Å². The van der Waals surface area contributed by atoms with Crippen LogP contribution in [0.5, 0.6) is 126 Å². The van der Waals surface area contributed by atoms with Crippen molar-refractivity contribution in [2.75, 3.05) is 180 Å². The number of aromatic hydroxyl groups is 14. The number of carbonyl (C=O) groups excluding carboxylic acids is 1. The molecule has 742 valence electrons. The van der Waals surface area contributed by atoms with Gasteiger partial charge in [-0.05, 0) is 130 Å². The first-order valence-electron chi connectivity index (χ1n) is 37.7. The lowest BCUT2D eigenvalue weighted by molar-refractivity contribution is -0.115. The third-order valence-electron chi connectivity index (χ3n) is 15.6. The highest BCUT2D eigenvalue weighted by molar-refractivity contribution is 7.59. The molecular formula is C77H119N9O40S5. The van der Waals surface area contributed by atoms with Crippen molar-refractivity contribution in [1.29, 1.82) is 0 Å². The molecule has 0 saturated heterocycles. The number of benzene rings is 7. The number of phenols is 14. The highest BCUT2D eigenvalue weighted by Crippen LogP contribution is 2.56. The van der Waals surface area contributed by atoms with Gasteiger partial charge in [-0.3, -0.25) is 14.6 Å². The van der Waals surface area contributed by atoms with E-state index in [0.717, 1.165) is 13.0 Å². The summed E-state index contributed by atoms with van der Waals surface area (Å²) in [6, 6.07) is 11.9. The second-order valence-corrected chi connectivity index (χ2v) is 27.0. The Morgan fingerprint density at radius 1 is 0.336 bits per heavy atom. The number of anilines is 7. The second kappa shape index (κ2) is 69.4. The van der Waals surface area contributed by atoms with Gasteiger partial charge in [-0.15, -0.1) is 63.1 Å². The lowest BCUT2D eigenvalue weighted by Crippen LogP contribution is -2.22. The minimum atomic E-state index is -3.11. The number of nitrogens with zero attached hydrogens (tertiary/aromatic N) is 2. The van der Waals surface area contributed by atoms with Crippen LogP contribution < -0.4 is 75.1 Å². The van der Waals surface area contributed by atoms with Crippen LogP contribution in [0.3, 0.4) is 0 Å². The van der Waals surface area contributed by atoms with Gasteiger partial charge in [-0.25, -0.2) is 0 Å². The molecule has 0 spiro atoms. The van der Waals surface area contributed by atoms with Gasteiger partial charge in [-0.2, -0.15) is 0 Å². The van der Waals surface area contributed by atoms with Crippen LogP contribution >= 0.6 is 0 Å². The average Bonchev–Trinajstić information content (AvgIpc) is 0.797. The summed E-state index contributed by atoms with van der Waals surface area (Å²) in [6.07, 6.45) is 0.881. The molecule has 0 saturated carbocycles. The fourth-order valence-corrected chi connectivity index (χ4v) is 10.2. The number of ketones is 1. The SMILES string of the molecule is CCCNc1c(O)c(NCC)c(OC)c(O)c1OC.CCNc1c(O)c(C)c(OC)c(O)c1OC.CCNc1c(O)c(NCC(C)=O)c(OC)c(O)c1OC.CCNc1c(O)cc(OC)c(O)c1OC.CCNc1cc(O)c(C)cc1O.CN(CCO)Cc1cc(O)c(CN(C)CCO)cc1O.Cc1cc(O)ccc1O.O=S(=O)=O.O=S(=O)=O.O=S(=O)=O.O=S(=O)=O.O=S(=O)=O. The Hall–Kier alpha value is -13.6. The number of aryl methyl sites for hydroxylation is 2. The number of rotatable bonds is 32. The molecule has 7 aromatic carbocycles. The topological polar surface area (TPSA) is 761 Å². The molecule has 0 heterocycles. The van der Waals surface area contributed by atoms with E-state index in [0.29, 0.717) is 115 Å². The number of ether oxygens (including phenoxy) is 8. The first kappa shape index (κ1) is 126. The van der Waals surface area contributed by atoms with Gasteiger partial charge in [0.15, 0.2) is 57.5 Å². The maximum Gasteiger partial charge on any atom is 0.425 e. The van der Waals surface area contributed by atoms with E-state index < -0.39 is 53.0 Å². The molecular weight excluding hydrogens is 1850 g/mol. The number of carbonyl (C=O) groups is 1. The smallest absolute Gasteiger partial charge is 0.425 e. The Kier molecular flexibility index (Phi) is 66.7. The highest BCUT2D eigenvalue weighted by Gasteiger charge is 2.28. The average molecular weight is 1970 g/mol. The zero-order valence-electron chi connectivity index (χ0n) is 75.4. The summed E-state index contributed by atoms with van der Waals surface area (Å²) < 4.78 is 167. The zero-order chi connectivity index (χ0) is 102. The van der Waals surface area contributed by atoms with Crippen molar-refractivity contribution >= 4 is 98.6 Å². The Bertz CT molecular complexity index is 5070. The first-order valence-corrected chi connectivity index (χ1v) is 42.7. The second-order valence-electron chi connectivity index (χ2n) is 25.0. The minimum absolute atomic E-state index is 0.00124. The van der Waals surface area contributed by atoms with Crippen LogP contribution in [-0.2, 0) is 70.9 Å². The predicted octanol–water partition coefficient (Wildman–Crippen LogP) is 5.49. The highest BCUT2D eigenvalue weighted by atomic mass is 32.2. The zero-order valence-corrected chi connectivity index (χ0v) is 79.5. The summed E-state index contributed by atoms with van der Waals surface area (Å²) in [5.41, 5.74) is 5.46. The van der Waals surface area contributed by atoms with Crippen molar-refractivity contribution in [3.05, 3.63) is 76.3 Å².